The minimum Gasteiger partial charge on any atom is -0.249 e. The van der Waals surface area contributed by atoms with Gasteiger partial charge < -0.3 is 0 Å². The van der Waals surface area contributed by atoms with Crippen molar-refractivity contribution < 1.29 is 0 Å². The highest BCUT2D eigenvalue weighted by molar-refractivity contribution is 5.30. The topological polar surface area (TPSA) is 30.7 Å². The van der Waals surface area contributed by atoms with Gasteiger partial charge in [0.25, 0.3) is 0 Å². The second-order valence-electron chi connectivity index (χ2n) is 10.6. The van der Waals surface area contributed by atoms with E-state index in [9.17, 15) is 0 Å². The molecule has 3 aliphatic carbocycles. The van der Waals surface area contributed by atoms with Gasteiger partial charge in [0, 0.05) is 18.0 Å². The quantitative estimate of drug-likeness (QED) is 0.313. The Kier molecular flexibility index (Phi) is 8.59. The van der Waals surface area contributed by atoms with E-state index in [0.29, 0.717) is 29.7 Å². The number of hydrogen-bond donors (Lipinski definition) is 0. The largest absolute Gasteiger partial charge is 0.249 e. The zero-order valence-electron chi connectivity index (χ0n) is 21.6. The first-order valence-electron chi connectivity index (χ1n) is 13.6. The molecule has 0 amide bonds. The number of allylic oxidation sites excluding steroid dienone is 12. The van der Waals surface area contributed by atoms with Crippen molar-refractivity contribution in [2.45, 2.75) is 84.6 Å². The van der Waals surface area contributed by atoms with Crippen LogP contribution in [0, 0.1) is 23.7 Å². The maximum atomic E-state index is 4.77. The van der Waals surface area contributed by atoms with Crippen LogP contribution in [0.25, 0.3) is 0 Å². The highest BCUT2D eigenvalue weighted by Crippen LogP contribution is 2.41. The molecule has 5 atom stereocenters. The van der Waals surface area contributed by atoms with E-state index in [2.05, 4.69) is 105 Å². The first kappa shape index (κ1) is 24.7. The number of hydrogen-bond acceptors (Lipinski definition) is 2. The summed E-state index contributed by atoms with van der Waals surface area (Å²) in [4.78, 5) is 0. The molecule has 0 bridgehead atoms. The van der Waals surface area contributed by atoms with Crippen molar-refractivity contribution in [3.63, 3.8) is 0 Å². The SMILES string of the molecule is CCC(CC)CC(CC1=CC2C=CC=CC2C1)c1cn(C(CC)CC2=CC(C)C=CC=C2)nn1. The molecule has 3 aliphatic rings. The summed E-state index contributed by atoms with van der Waals surface area (Å²) in [6, 6.07) is 0.347. The van der Waals surface area contributed by atoms with Crippen molar-refractivity contribution >= 4 is 0 Å². The van der Waals surface area contributed by atoms with E-state index in [1.807, 2.05) is 0 Å². The first-order chi connectivity index (χ1) is 16.6. The maximum absolute atomic E-state index is 4.77. The van der Waals surface area contributed by atoms with E-state index in [1.54, 1.807) is 5.57 Å². The molecule has 0 fully saturated rings. The van der Waals surface area contributed by atoms with Crippen LogP contribution < -0.4 is 0 Å². The molecule has 0 saturated heterocycles. The summed E-state index contributed by atoms with van der Waals surface area (Å²) < 4.78 is 2.15. The Bertz CT molecular complexity index is 982. The van der Waals surface area contributed by atoms with Crippen LogP contribution in [0.2, 0.25) is 0 Å². The van der Waals surface area contributed by atoms with Gasteiger partial charge in [0.1, 0.15) is 0 Å². The highest BCUT2D eigenvalue weighted by atomic mass is 15.4. The molecule has 1 aromatic rings. The van der Waals surface area contributed by atoms with E-state index < -0.39 is 0 Å². The van der Waals surface area contributed by atoms with E-state index >= 15 is 0 Å². The lowest BCUT2D eigenvalue weighted by atomic mass is 9.84. The van der Waals surface area contributed by atoms with Gasteiger partial charge in [-0.1, -0.05) is 112 Å². The Balaban J connectivity index is 1.51. The van der Waals surface area contributed by atoms with Crippen molar-refractivity contribution in [3.8, 4) is 0 Å². The third-order valence-electron chi connectivity index (χ3n) is 8.08. The van der Waals surface area contributed by atoms with E-state index in [1.165, 1.54) is 37.0 Å². The standard InChI is InChI=1S/C31H43N3/c1-5-24(6-2)17-29(20-26-18-27-14-10-11-15-28(27)19-26)31-22-34(33-32-31)30(7-3)21-25-13-9-8-12-23(4)16-25/h8-16,18,22-24,27-30H,5-7,17,19-21H2,1-4H3. The van der Waals surface area contributed by atoms with Gasteiger partial charge in [-0.25, -0.2) is 4.68 Å². The lowest BCUT2D eigenvalue weighted by Crippen LogP contribution is -2.10. The second kappa shape index (κ2) is 11.8. The average molecular weight is 458 g/mol. The van der Waals surface area contributed by atoms with Crippen LogP contribution in [-0.4, -0.2) is 15.0 Å². The van der Waals surface area contributed by atoms with Crippen molar-refractivity contribution in [2.24, 2.45) is 23.7 Å². The third kappa shape index (κ3) is 6.17. The van der Waals surface area contributed by atoms with Crippen LogP contribution in [0.3, 0.4) is 0 Å². The summed E-state index contributed by atoms with van der Waals surface area (Å²) >= 11 is 0. The smallest absolute Gasteiger partial charge is 0.0861 e. The lowest BCUT2D eigenvalue weighted by molar-refractivity contribution is 0.401. The van der Waals surface area contributed by atoms with Gasteiger partial charge in [-0.3, -0.25) is 0 Å². The molecule has 0 aliphatic heterocycles. The fourth-order valence-electron chi connectivity index (χ4n) is 5.85. The van der Waals surface area contributed by atoms with Crippen LogP contribution in [0.1, 0.15) is 90.3 Å². The average Bonchev–Trinajstić information content (AvgIpc) is 3.44. The third-order valence-corrected chi connectivity index (χ3v) is 8.08. The molecule has 1 aromatic heterocycles. The Labute approximate surface area is 207 Å². The minimum atomic E-state index is 0.347. The minimum absolute atomic E-state index is 0.347. The van der Waals surface area contributed by atoms with E-state index in [4.69, 9.17) is 5.10 Å². The summed E-state index contributed by atoms with van der Waals surface area (Å²) in [5.41, 5.74) is 4.20. The van der Waals surface area contributed by atoms with Crippen molar-refractivity contribution in [1.29, 1.82) is 0 Å². The van der Waals surface area contributed by atoms with Crippen LogP contribution >= 0.6 is 0 Å². The van der Waals surface area contributed by atoms with Crippen LogP contribution in [0.5, 0.6) is 0 Å². The first-order valence-corrected chi connectivity index (χ1v) is 13.6. The van der Waals surface area contributed by atoms with Gasteiger partial charge >= 0.3 is 0 Å². The monoisotopic (exact) mass is 457 g/mol. The lowest BCUT2D eigenvalue weighted by Gasteiger charge is -2.21. The number of rotatable bonds is 11. The van der Waals surface area contributed by atoms with E-state index in [-0.39, 0.29) is 0 Å². The number of nitrogens with zero attached hydrogens (tertiary/aromatic N) is 3. The molecule has 34 heavy (non-hydrogen) atoms. The van der Waals surface area contributed by atoms with Crippen LogP contribution in [-0.2, 0) is 0 Å². The molecule has 1 heterocycles. The molecule has 0 radical (unpaired) electrons. The van der Waals surface area contributed by atoms with Gasteiger partial charge in [-0.15, -0.1) is 5.10 Å². The molecule has 4 rings (SSSR count). The van der Waals surface area contributed by atoms with Crippen molar-refractivity contribution in [1.82, 2.24) is 15.0 Å². The molecule has 0 N–H and O–H groups in total. The summed E-state index contributed by atoms with van der Waals surface area (Å²) in [7, 11) is 0. The fraction of sp³-hybridized carbons (Fsp3) is 0.548. The predicted octanol–water partition coefficient (Wildman–Crippen LogP) is 8.30. The highest BCUT2D eigenvalue weighted by Gasteiger charge is 2.28. The summed E-state index contributed by atoms with van der Waals surface area (Å²) in [6.07, 6.45) is 33.2. The molecule has 3 nitrogen and oxygen atoms in total. The molecule has 0 saturated carbocycles. The van der Waals surface area contributed by atoms with E-state index in [0.717, 1.165) is 25.2 Å². The summed E-state index contributed by atoms with van der Waals surface area (Å²) in [5, 5.41) is 9.45. The Hall–Kier alpha value is -2.42. The van der Waals surface area contributed by atoms with Crippen LogP contribution in [0.4, 0.5) is 0 Å². The normalized spacial score (nSPS) is 25.3. The molecular formula is C31H43N3. The molecule has 3 heteroatoms. The van der Waals surface area contributed by atoms with Gasteiger partial charge in [-0.05, 0) is 55.4 Å². The van der Waals surface area contributed by atoms with Crippen LogP contribution in [0.15, 0.2) is 78.1 Å². The fourth-order valence-corrected chi connectivity index (χ4v) is 5.85. The zero-order valence-corrected chi connectivity index (χ0v) is 21.6. The van der Waals surface area contributed by atoms with Crippen molar-refractivity contribution in [2.75, 3.05) is 0 Å². The van der Waals surface area contributed by atoms with Gasteiger partial charge in [-0.2, -0.15) is 0 Å². The Morgan fingerprint density at radius 2 is 1.74 bits per heavy atom. The molecule has 0 spiro atoms. The maximum Gasteiger partial charge on any atom is 0.0861 e. The molecule has 5 unspecified atom stereocenters. The van der Waals surface area contributed by atoms with Gasteiger partial charge in [0.15, 0.2) is 0 Å². The summed E-state index contributed by atoms with van der Waals surface area (Å²) in [6.45, 7) is 9.18. The second-order valence-corrected chi connectivity index (χ2v) is 10.6. The Morgan fingerprint density at radius 3 is 2.50 bits per heavy atom. The molecular weight excluding hydrogens is 414 g/mol. The number of aromatic nitrogens is 3. The van der Waals surface area contributed by atoms with Gasteiger partial charge in [0.2, 0.25) is 0 Å². The molecule has 0 aromatic carbocycles. The summed E-state index contributed by atoms with van der Waals surface area (Å²) in [5.74, 6) is 2.93. The number of fused-ring (bicyclic) bond motifs is 1. The van der Waals surface area contributed by atoms with Crippen molar-refractivity contribution in [3.05, 3.63) is 83.8 Å². The predicted molar refractivity (Wildman–Crippen MR) is 144 cm³/mol. The zero-order chi connectivity index (χ0) is 23.9. The Morgan fingerprint density at radius 1 is 0.941 bits per heavy atom. The van der Waals surface area contributed by atoms with Gasteiger partial charge in [0.05, 0.1) is 11.7 Å². The molecule has 182 valence electrons.